The average Bonchev–Trinajstić information content (AvgIpc) is 2.76. The van der Waals surface area contributed by atoms with Crippen LogP contribution in [0.4, 0.5) is 5.69 Å². The molecule has 0 amide bonds. The minimum atomic E-state index is 0.688. The van der Waals surface area contributed by atoms with Crippen LogP contribution in [0.1, 0.15) is 0 Å². The maximum absolute atomic E-state index is 5.98. The lowest BCUT2D eigenvalue weighted by Gasteiger charge is -2.02. The van der Waals surface area contributed by atoms with Crippen molar-refractivity contribution in [1.82, 2.24) is 4.98 Å². The van der Waals surface area contributed by atoms with E-state index in [1.807, 2.05) is 30.3 Å². The molecule has 0 aliphatic heterocycles. The maximum atomic E-state index is 5.98. The van der Waals surface area contributed by atoms with Crippen LogP contribution in [-0.4, -0.2) is 4.98 Å². The molecule has 2 aromatic carbocycles. The first-order valence-electron chi connectivity index (χ1n) is 5.31. The van der Waals surface area contributed by atoms with Crippen molar-refractivity contribution >= 4 is 50.6 Å². The molecule has 0 aliphatic carbocycles. The fourth-order valence-corrected chi connectivity index (χ4v) is 3.93. The van der Waals surface area contributed by atoms with Crippen LogP contribution in [0.3, 0.4) is 0 Å². The number of aromatic nitrogens is 1. The van der Waals surface area contributed by atoms with Gasteiger partial charge in [0.15, 0.2) is 4.34 Å². The predicted molar refractivity (Wildman–Crippen MR) is 79.6 cm³/mol. The van der Waals surface area contributed by atoms with Crippen LogP contribution in [0.2, 0.25) is 5.02 Å². The molecule has 0 fully saturated rings. The lowest BCUT2D eigenvalue weighted by molar-refractivity contribution is 1.29. The van der Waals surface area contributed by atoms with E-state index >= 15 is 0 Å². The van der Waals surface area contributed by atoms with Crippen LogP contribution < -0.4 is 5.73 Å². The molecule has 0 bridgehead atoms. The molecule has 0 aliphatic rings. The molecule has 0 atom stereocenters. The molecule has 0 unspecified atom stereocenters. The summed E-state index contributed by atoms with van der Waals surface area (Å²) in [6, 6.07) is 13.6. The minimum Gasteiger partial charge on any atom is -0.398 e. The fourth-order valence-electron chi connectivity index (χ4n) is 1.59. The van der Waals surface area contributed by atoms with Gasteiger partial charge >= 0.3 is 0 Å². The van der Waals surface area contributed by atoms with Crippen molar-refractivity contribution in [1.29, 1.82) is 0 Å². The average molecular weight is 293 g/mol. The first kappa shape index (κ1) is 11.8. The van der Waals surface area contributed by atoms with Crippen LogP contribution in [0.25, 0.3) is 10.2 Å². The number of nitrogens with two attached hydrogens (primary N) is 1. The number of anilines is 1. The van der Waals surface area contributed by atoms with Crippen LogP contribution in [-0.2, 0) is 0 Å². The lowest BCUT2D eigenvalue weighted by Crippen LogP contribution is -1.87. The normalized spacial score (nSPS) is 10.9. The molecule has 1 heterocycles. The number of nitrogens with zero attached hydrogens (tertiary/aromatic N) is 1. The van der Waals surface area contributed by atoms with Gasteiger partial charge in [0.05, 0.1) is 10.2 Å². The van der Waals surface area contributed by atoms with Crippen molar-refractivity contribution in [2.24, 2.45) is 0 Å². The van der Waals surface area contributed by atoms with Gasteiger partial charge in [0.2, 0.25) is 0 Å². The van der Waals surface area contributed by atoms with E-state index in [1.54, 1.807) is 29.2 Å². The number of rotatable bonds is 2. The highest BCUT2D eigenvalue weighted by Gasteiger charge is 2.08. The summed E-state index contributed by atoms with van der Waals surface area (Å²) < 4.78 is 2.16. The summed E-state index contributed by atoms with van der Waals surface area (Å²) in [7, 11) is 0. The molecule has 2 nitrogen and oxygen atoms in total. The summed E-state index contributed by atoms with van der Waals surface area (Å²) in [5, 5.41) is 0.688. The van der Waals surface area contributed by atoms with Crippen molar-refractivity contribution in [2.45, 2.75) is 9.24 Å². The Hall–Kier alpha value is -1.23. The van der Waals surface area contributed by atoms with E-state index in [-0.39, 0.29) is 0 Å². The molecule has 3 rings (SSSR count). The lowest BCUT2D eigenvalue weighted by atomic mass is 10.3. The second-order valence-electron chi connectivity index (χ2n) is 3.73. The molecule has 18 heavy (non-hydrogen) atoms. The van der Waals surface area contributed by atoms with Crippen molar-refractivity contribution in [3.63, 3.8) is 0 Å². The monoisotopic (exact) mass is 292 g/mol. The molecule has 5 heteroatoms. The number of benzene rings is 2. The minimum absolute atomic E-state index is 0.688. The predicted octanol–water partition coefficient (Wildman–Crippen LogP) is 4.68. The third kappa shape index (κ3) is 2.32. The Morgan fingerprint density at radius 1 is 1.17 bits per heavy atom. The Labute approximate surface area is 118 Å². The Morgan fingerprint density at radius 2 is 2.00 bits per heavy atom. The fraction of sp³-hybridized carbons (Fsp3) is 0. The van der Waals surface area contributed by atoms with Gasteiger partial charge in [0.25, 0.3) is 0 Å². The van der Waals surface area contributed by atoms with Crippen LogP contribution in [0.5, 0.6) is 0 Å². The summed E-state index contributed by atoms with van der Waals surface area (Å²) in [6.07, 6.45) is 0. The molecule has 0 saturated carbocycles. The van der Waals surface area contributed by atoms with E-state index in [4.69, 9.17) is 17.3 Å². The molecule has 0 radical (unpaired) electrons. The third-order valence-corrected chi connectivity index (χ3v) is 4.85. The number of fused-ring (bicyclic) bond motifs is 1. The number of hydrogen-bond donors (Lipinski definition) is 1. The van der Waals surface area contributed by atoms with E-state index in [9.17, 15) is 0 Å². The molecule has 90 valence electrons. The van der Waals surface area contributed by atoms with E-state index in [2.05, 4.69) is 11.1 Å². The Kier molecular flexibility index (Phi) is 3.16. The van der Waals surface area contributed by atoms with Gasteiger partial charge in [0, 0.05) is 15.6 Å². The van der Waals surface area contributed by atoms with Gasteiger partial charge in [-0.2, -0.15) is 0 Å². The molecule has 3 aromatic rings. The smallest absolute Gasteiger partial charge is 0.155 e. The maximum Gasteiger partial charge on any atom is 0.155 e. The zero-order chi connectivity index (χ0) is 12.5. The molecule has 0 saturated heterocycles. The number of para-hydroxylation sites is 1. The number of halogens is 1. The molecule has 0 spiro atoms. The number of thiazole rings is 1. The Morgan fingerprint density at radius 3 is 2.83 bits per heavy atom. The first-order valence-corrected chi connectivity index (χ1v) is 7.32. The zero-order valence-electron chi connectivity index (χ0n) is 9.26. The highest BCUT2D eigenvalue weighted by atomic mass is 35.5. The zero-order valence-corrected chi connectivity index (χ0v) is 11.6. The van der Waals surface area contributed by atoms with Gasteiger partial charge in [-0.25, -0.2) is 4.98 Å². The van der Waals surface area contributed by atoms with E-state index < -0.39 is 0 Å². The molecule has 2 N–H and O–H groups in total. The summed E-state index contributed by atoms with van der Waals surface area (Å²) in [4.78, 5) is 5.51. The summed E-state index contributed by atoms with van der Waals surface area (Å²) in [6.45, 7) is 0. The van der Waals surface area contributed by atoms with Crippen LogP contribution in [0, 0.1) is 0 Å². The molecular formula is C13H9ClN2S2. The van der Waals surface area contributed by atoms with E-state index in [1.165, 1.54) is 4.70 Å². The van der Waals surface area contributed by atoms with Crippen molar-refractivity contribution in [2.75, 3.05) is 5.73 Å². The van der Waals surface area contributed by atoms with Crippen LogP contribution in [0.15, 0.2) is 51.7 Å². The third-order valence-electron chi connectivity index (χ3n) is 2.45. The second-order valence-corrected chi connectivity index (χ2v) is 6.49. The van der Waals surface area contributed by atoms with Crippen molar-refractivity contribution < 1.29 is 0 Å². The first-order chi connectivity index (χ1) is 8.72. The van der Waals surface area contributed by atoms with Gasteiger partial charge in [-0.3, -0.25) is 0 Å². The van der Waals surface area contributed by atoms with E-state index in [0.29, 0.717) is 5.02 Å². The quantitative estimate of drug-likeness (QED) is 0.697. The van der Waals surface area contributed by atoms with E-state index in [0.717, 1.165) is 20.4 Å². The second kappa shape index (κ2) is 4.80. The summed E-state index contributed by atoms with van der Waals surface area (Å²) >= 11 is 9.19. The summed E-state index contributed by atoms with van der Waals surface area (Å²) in [5.41, 5.74) is 7.67. The largest absolute Gasteiger partial charge is 0.398 e. The van der Waals surface area contributed by atoms with Crippen LogP contribution >= 0.6 is 34.7 Å². The Balaban J connectivity index is 1.98. The van der Waals surface area contributed by atoms with Gasteiger partial charge in [-0.15, -0.1) is 11.3 Å². The number of hydrogen-bond acceptors (Lipinski definition) is 4. The topological polar surface area (TPSA) is 38.9 Å². The molecule has 1 aromatic heterocycles. The van der Waals surface area contributed by atoms with Crippen molar-refractivity contribution in [3.8, 4) is 0 Å². The Bertz CT molecular complexity index is 676. The van der Waals surface area contributed by atoms with Gasteiger partial charge in [0.1, 0.15) is 0 Å². The van der Waals surface area contributed by atoms with Gasteiger partial charge in [-0.05, 0) is 30.3 Å². The summed E-state index contributed by atoms with van der Waals surface area (Å²) in [5.74, 6) is 0. The highest BCUT2D eigenvalue weighted by molar-refractivity contribution is 8.01. The van der Waals surface area contributed by atoms with Gasteiger partial charge < -0.3 is 5.73 Å². The molecular weight excluding hydrogens is 284 g/mol. The van der Waals surface area contributed by atoms with Crippen molar-refractivity contribution in [3.05, 3.63) is 47.5 Å². The SMILES string of the molecule is Nc1ccc(Cl)cc1Sc1nc2ccccc2s1. The number of nitrogen functional groups attached to an aromatic ring is 1. The standard InChI is InChI=1S/C13H9ClN2S2/c14-8-5-6-9(15)12(7-8)18-13-16-10-3-1-2-4-11(10)17-13/h1-7H,15H2. The van der Waals surface area contributed by atoms with Gasteiger partial charge in [-0.1, -0.05) is 35.5 Å². The highest BCUT2D eigenvalue weighted by Crippen LogP contribution is 2.37.